The molecule has 4 nitrogen and oxygen atoms in total. The van der Waals surface area contributed by atoms with Gasteiger partial charge in [-0.1, -0.05) is 43.2 Å². The number of aliphatic hydroxyl groups is 1. The van der Waals surface area contributed by atoms with Crippen molar-refractivity contribution >= 4 is 5.97 Å². The number of benzene rings is 1. The number of quaternary nitrogens is 1. The van der Waals surface area contributed by atoms with Crippen LogP contribution in [0.2, 0.25) is 0 Å². The summed E-state index contributed by atoms with van der Waals surface area (Å²) in [5.41, 5.74) is -0.819. The minimum Gasteiger partial charge on any atom is -0.453 e. The maximum Gasteiger partial charge on any atom is 0.343 e. The van der Waals surface area contributed by atoms with Crippen molar-refractivity contribution in [1.82, 2.24) is 0 Å². The van der Waals surface area contributed by atoms with Gasteiger partial charge < -0.3 is 14.3 Å². The first-order chi connectivity index (χ1) is 11.9. The van der Waals surface area contributed by atoms with Crippen LogP contribution in [0.25, 0.3) is 0 Å². The summed E-state index contributed by atoms with van der Waals surface area (Å²) in [5.74, 6) is -0.466. The topological polar surface area (TPSA) is 46.5 Å². The number of fused-ring (bicyclic) bond motifs is 2. The summed E-state index contributed by atoms with van der Waals surface area (Å²) in [4.78, 5) is 13.2. The minimum atomic E-state index is -1.50. The molecule has 1 aliphatic carbocycles. The van der Waals surface area contributed by atoms with E-state index in [2.05, 4.69) is 14.1 Å². The quantitative estimate of drug-likeness (QED) is 0.675. The van der Waals surface area contributed by atoms with Crippen molar-refractivity contribution in [2.24, 2.45) is 5.92 Å². The Labute approximate surface area is 150 Å². The first-order valence-electron chi connectivity index (χ1n) is 9.76. The number of hydrogen-bond donors (Lipinski definition) is 1. The zero-order valence-electron chi connectivity index (χ0n) is 15.4. The summed E-state index contributed by atoms with van der Waals surface area (Å²) >= 11 is 0. The first-order valence-corrected chi connectivity index (χ1v) is 9.76. The van der Waals surface area contributed by atoms with Crippen LogP contribution in [-0.2, 0) is 15.1 Å². The fraction of sp³-hybridized carbons (Fsp3) is 0.667. The predicted octanol–water partition coefficient (Wildman–Crippen LogP) is 2.99. The average molecular weight is 344 g/mol. The molecule has 3 fully saturated rings. The Morgan fingerprint density at radius 2 is 1.80 bits per heavy atom. The maximum absolute atomic E-state index is 13.2. The van der Waals surface area contributed by atoms with Crippen LogP contribution in [-0.4, -0.2) is 47.8 Å². The second-order valence-corrected chi connectivity index (χ2v) is 8.72. The third-order valence-electron chi connectivity index (χ3n) is 7.25. The van der Waals surface area contributed by atoms with Gasteiger partial charge in [0.2, 0.25) is 0 Å². The predicted molar refractivity (Wildman–Crippen MR) is 95.7 cm³/mol. The van der Waals surface area contributed by atoms with E-state index in [1.54, 1.807) is 0 Å². The van der Waals surface area contributed by atoms with E-state index in [-0.39, 0.29) is 12.0 Å². The largest absolute Gasteiger partial charge is 0.453 e. The number of nitrogens with zero attached hydrogens (tertiary/aromatic N) is 1. The molecule has 0 amide bonds. The molecule has 2 aliphatic heterocycles. The Kier molecular flexibility index (Phi) is 4.16. The van der Waals surface area contributed by atoms with E-state index in [0.29, 0.717) is 17.6 Å². The van der Waals surface area contributed by atoms with E-state index in [0.717, 1.165) is 43.0 Å². The van der Waals surface area contributed by atoms with Crippen LogP contribution in [0, 0.1) is 5.92 Å². The average Bonchev–Trinajstić information content (AvgIpc) is 3.30. The highest BCUT2D eigenvalue weighted by Gasteiger charge is 2.58. The molecule has 4 rings (SSSR count). The first kappa shape index (κ1) is 17.0. The van der Waals surface area contributed by atoms with E-state index in [9.17, 15) is 9.90 Å². The molecule has 0 aromatic heterocycles. The summed E-state index contributed by atoms with van der Waals surface area (Å²) in [6.07, 6.45) is 7.13. The Hall–Kier alpha value is -1.39. The normalized spacial score (nSPS) is 33.3. The second kappa shape index (κ2) is 6.10. The lowest BCUT2D eigenvalue weighted by molar-refractivity contribution is -0.913. The van der Waals surface area contributed by atoms with Crippen LogP contribution in [0.5, 0.6) is 0 Å². The van der Waals surface area contributed by atoms with Crippen molar-refractivity contribution in [3.63, 3.8) is 0 Å². The number of esters is 1. The lowest BCUT2D eigenvalue weighted by Gasteiger charge is -2.35. The van der Waals surface area contributed by atoms with Gasteiger partial charge in [-0.2, -0.15) is 0 Å². The summed E-state index contributed by atoms with van der Waals surface area (Å²) in [6.45, 7) is 0. The van der Waals surface area contributed by atoms with Gasteiger partial charge in [0.1, 0.15) is 6.04 Å². The lowest BCUT2D eigenvalue weighted by Crippen LogP contribution is -2.49. The van der Waals surface area contributed by atoms with Gasteiger partial charge in [-0.3, -0.25) is 0 Å². The monoisotopic (exact) mass is 344 g/mol. The molecule has 1 aromatic rings. The van der Waals surface area contributed by atoms with Crippen LogP contribution in [0.4, 0.5) is 0 Å². The molecule has 1 saturated carbocycles. The van der Waals surface area contributed by atoms with Crippen LogP contribution in [0.15, 0.2) is 30.3 Å². The van der Waals surface area contributed by atoms with Crippen molar-refractivity contribution in [2.45, 2.75) is 68.7 Å². The standard InChI is InChI=1S/C21H30NO3/c1-22(2)17-12-13-18(22)19(14-17)25-20(23)21(24,16-10-6-7-11-16)15-8-4-3-5-9-15/h3-5,8-9,16-19,24H,6-7,10-14H2,1-2H3/q+1/t17?,18?,19-,21+/m1/s1. The molecule has 1 N–H and O–H groups in total. The van der Waals surface area contributed by atoms with Crippen LogP contribution < -0.4 is 0 Å². The van der Waals surface area contributed by atoms with Crippen molar-refractivity contribution in [3.8, 4) is 0 Å². The Bertz CT molecular complexity index is 638. The zero-order valence-corrected chi connectivity index (χ0v) is 15.4. The molecule has 1 aromatic carbocycles. The molecule has 0 radical (unpaired) electrons. The van der Waals surface area contributed by atoms with Crippen molar-refractivity contribution in [2.75, 3.05) is 14.1 Å². The van der Waals surface area contributed by atoms with E-state index >= 15 is 0 Å². The molecule has 0 spiro atoms. The molecule has 3 aliphatic rings. The van der Waals surface area contributed by atoms with Crippen molar-refractivity contribution < 1.29 is 19.1 Å². The highest BCUT2D eigenvalue weighted by Crippen LogP contribution is 2.46. The van der Waals surface area contributed by atoms with Crippen molar-refractivity contribution in [1.29, 1.82) is 0 Å². The highest BCUT2D eigenvalue weighted by atomic mass is 16.6. The van der Waals surface area contributed by atoms with Gasteiger partial charge in [0.05, 0.1) is 20.1 Å². The number of ether oxygens (including phenoxy) is 1. The minimum absolute atomic E-state index is 0.0384. The van der Waals surface area contributed by atoms with Gasteiger partial charge in [-0.25, -0.2) is 4.79 Å². The van der Waals surface area contributed by atoms with Crippen LogP contribution >= 0.6 is 0 Å². The Morgan fingerprint density at radius 3 is 2.36 bits per heavy atom. The number of rotatable bonds is 4. The fourth-order valence-electron chi connectivity index (χ4n) is 5.64. The van der Waals surface area contributed by atoms with Gasteiger partial charge in [0, 0.05) is 25.2 Å². The Morgan fingerprint density at radius 1 is 1.12 bits per heavy atom. The number of hydrogen-bond acceptors (Lipinski definition) is 3. The van der Waals surface area contributed by atoms with Gasteiger partial charge in [0.15, 0.2) is 11.7 Å². The maximum atomic E-state index is 13.2. The van der Waals surface area contributed by atoms with E-state index in [4.69, 9.17) is 4.74 Å². The molecular formula is C21H30NO3+. The van der Waals surface area contributed by atoms with Crippen molar-refractivity contribution in [3.05, 3.63) is 35.9 Å². The van der Waals surface area contributed by atoms with Crippen LogP contribution in [0.3, 0.4) is 0 Å². The van der Waals surface area contributed by atoms with Gasteiger partial charge in [-0.05, 0) is 18.4 Å². The lowest BCUT2D eigenvalue weighted by atomic mass is 9.80. The smallest absolute Gasteiger partial charge is 0.343 e. The molecule has 2 bridgehead atoms. The zero-order chi connectivity index (χ0) is 17.7. The molecule has 4 heteroatoms. The third kappa shape index (κ3) is 2.61. The molecule has 2 heterocycles. The molecule has 2 saturated heterocycles. The summed E-state index contributed by atoms with van der Waals surface area (Å²) in [6, 6.07) is 10.4. The van der Waals surface area contributed by atoms with Gasteiger partial charge >= 0.3 is 5.97 Å². The summed E-state index contributed by atoms with van der Waals surface area (Å²) in [7, 11) is 4.49. The summed E-state index contributed by atoms with van der Waals surface area (Å²) < 4.78 is 6.96. The SMILES string of the molecule is C[N+]1(C)C2CCC1[C@H](OC(=O)[C@](O)(c1ccccc1)C1CCCC1)C2. The molecular weight excluding hydrogens is 314 g/mol. The number of carbonyl (C=O) groups is 1. The molecule has 2 unspecified atom stereocenters. The number of carbonyl (C=O) groups excluding carboxylic acids is 1. The Balaban J connectivity index is 1.59. The highest BCUT2D eigenvalue weighted by molar-refractivity contribution is 5.82. The van der Waals surface area contributed by atoms with E-state index in [1.165, 1.54) is 6.42 Å². The van der Waals surface area contributed by atoms with E-state index in [1.807, 2.05) is 30.3 Å². The third-order valence-corrected chi connectivity index (χ3v) is 7.25. The van der Waals surface area contributed by atoms with Gasteiger partial charge in [-0.15, -0.1) is 0 Å². The molecule has 25 heavy (non-hydrogen) atoms. The fourth-order valence-corrected chi connectivity index (χ4v) is 5.64. The number of likely N-dealkylation sites (N-methyl/N-ethyl adjacent to an activating group) is 1. The molecule has 4 atom stereocenters. The van der Waals surface area contributed by atoms with E-state index < -0.39 is 11.6 Å². The summed E-state index contributed by atoms with van der Waals surface area (Å²) in [5, 5.41) is 11.5. The van der Waals surface area contributed by atoms with Gasteiger partial charge in [0.25, 0.3) is 0 Å². The molecule has 136 valence electrons. The van der Waals surface area contributed by atoms with Crippen LogP contribution in [0.1, 0.15) is 50.5 Å². The second-order valence-electron chi connectivity index (χ2n) is 8.72.